The largest absolute Gasteiger partial charge is 0.314 e. The summed E-state index contributed by atoms with van der Waals surface area (Å²) in [5, 5.41) is 3.61. The molecular formula is C16H28N4. The molecule has 0 saturated heterocycles. The summed E-state index contributed by atoms with van der Waals surface area (Å²) >= 11 is 0. The highest BCUT2D eigenvalue weighted by molar-refractivity contribution is 5.25. The molecule has 1 aliphatic carbocycles. The van der Waals surface area contributed by atoms with E-state index in [9.17, 15) is 0 Å². The Hall–Kier alpha value is -1.00. The van der Waals surface area contributed by atoms with Gasteiger partial charge in [-0.25, -0.2) is 9.97 Å². The van der Waals surface area contributed by atoms with Gasteiger partial charge in [0.25, 0.3) is 0 Å². The Balaban J connectivity index is 1.99. The first-order valence-corrected chi connectivity index (χ1v) is 7.66. The number of rotatable bonds is 7. The molecule has 1 N–H and O–H groups in total. The van der Waals surface area contributed by atoms with Crippen LogP contribution in [0.25, 0.3) is 0 Å². The standard InChI is InChI=1S/C16H28N4/c1-11(9-17-14-6-7-14)8-15-12(2)18-16(10-20(4)5)19-13(15)3/h11,14,17H,6-10H2,1-5H3. The SMILES string of the molecule is Cc1nc(CN(C)C)nc(C)c1CC(C)CNC1CC1. The number of hydrogen-bond donors (Lipinski definition) is 1. The van der Waals surface area contributed by atoms with Gasteiger partial charge in [-0.3, -0.25) is 0 Å². The average Bonchev–Trinajstić information content (AvgIpc) is 3.14. The van der Waals surface area contributed by atoms with Crippen molar-refractivity contribution in [2.24, 2.45) is 5.92 Å². The van der Waals surface area contributed by atoms with Gasteiger partial charge in [0.1, 0.15) is 5.82 Å². The van der Waals surface area contributed by atoms with E-state index in [-0.39, 0.29) is 0 Å². The lowest BCUT2D eigenvalue weighted by Crippen LogP contribution is -2.25. The molecule has 4 nitrogen and oxygen atoms in total. The Labute approximate surface area is 123 Å². The lowest BCUT2D eigenvalue weighted by molar-refractivity contribution is 0.389. The molecule has 1 fully saturated rings. The van der Waals surface area contributed by atoms with E-state index in [1.165, 1.54) is 18.4 Å². The number of aryl methyl sites for hydroxylation is 2. The lowest BCUT2D eigenvalue weighted by Gasteiger charge is -2.17. The van der Waals surface area contributed by atoms with E-state index in [4.69, 9.17) is 0 Å². The summed E-state index contributed by atoms with van der Waals surface area (Å²) in [5.74, 6) is 1.56. The second-order valence-electron chi connectivity index (χ2n) is 6.52. The molecule has 1 atom stereocenters. The monoisotopic (exact) mass is 276 g/mol. The summed E-state index contributed by atoms with van der Waals surface area (Å²) in [7, 11) is 4.10. The fourth-order valence-electron chi connectivity index (χ4n) is 2.53. The Morgan fingerprint density at radius 1 is 1.20 bits per heavy atom. The molecule has 2 rings (SSSR count). The molecule has 20 heavy (non-hydrogen) atoms. The van der Waals surface area contributed by atoms with E-state index in [1.807, 2.05) is 14.1 Å². The number of nitrogens with one attached hydrogen (secondary N) is 1. The Morgan fingerprint density at radius 3 is 2.30 bits per heavy atom. The van der Waals surface area contributed by atoms with Crippen LogP contribution in [-0.2, 0) is 13.0 Å². The molecule has 1 heterocycles. The third kappa shape index (κ3) is 4.53. The van der Waals surface area contributed by atoms with Gasteiger partial charge in [-0.15, -0.1) is 0 Å². The van der Waals surface area contributed by atoms with Gasteiger partial charge in [0.2, 0.25) is 0 Å². The van der Waals surface area contributed by atoms with Gasteiger partial charge in [-0.1, -0.05) is 6.92 Å². The maximum absolute atomic E-state index is 4.66. The average molecular weight is 276 g/mol. The summed E-state index contributed by atoms with van der Waals surface area (Å²) < 4.78 is 0. The van der Waals surface area contributed by atoms with Crippen molar-refractivity contribution in [2.45, 2.75) is 52.6 Å². The first-order chi connectivity index (χ1) is 9.45. The molecule has 0 aromatic carbocycles. The zero-order chi connectivity index (χ0) is 14.7. The summed E-state index contributed by atoms with van der Waals surface area (Å²) in [4.78, 5) is 11.4. The highest BCUT2D eigenvalue weighted by Gasteiger charge is 2.21. The minimum atomic E-state index is 0.635. The van der Waals surface area contributed by atoms with Gasteiger partial charge < -0.3 is 10.2 Å². The van der Waals surface area contributed by atoms with E-state index in [0.29, 0.717) is 5.92 Å². The van der Waals surface area contributed by atoms with E-state index in [0.717, 1.165) is 42.8 Å². The first kappa shape index (κ1) is 15.4. The lowest BCUT2D eigenvalue weighted by atomic mass is 9.98. The molecule has 1 aliphatic rings. The van der Waals surface area contributed by atoms with Crippen molar-refractivity contribution in [2.75, 3.05) is 20.6 Å². The third-order valence-corrected chi connectivity index (χ3v) is 3.81. The van der Waals surface area contributed by atoms with Crippen LogP contribution in [0.3, 0.4) is 0 Å². The number of hydrogen-bond acceptors (Lipinski definition) is 4. The van der Waals surface area contributed by atoms with Crippen molar-refractivity contribution in [1.82, 2.24) is 20.2 Å². The normalized spacial score (nSPS) is 16.7. The second-order valence-corrected chi connectivity index (χ2v) is 6.52. The number of aromatic nitrogens is 2. The highest BCUT2D eigenvalue weighted by Crippen LogP contribution is 2.20. The molecule has 1 unspecified atom stereocenters. The van der Waals surface area contributed by atoms with Crippen LogP contribution in [0.2, 0.25) is 0 Å². The van der Waals surface area contributed by atoms with Crippen molar-refractivity contribution < 1.29 is 0 Å². The Morgan fingerprint density at radius 2 is 1.80 bits per heavy atom. The molecule has 112 valence electrons. The van der Waals surface area contributed by atoms with Gasteiger partial charge in [-0.2, -0.15) is 0 Å². The maximum atomic E-state index is 4.66. The molecular weight excluding hydrogens is 248 g/mol. The van der Waals surface area contributed by atoms with Gasteiger partial charge in [-0.05, 0) is 65.2 Å². The van der Waals surface area contributed by atoms with Crippen LogP contribution in [0.4, 0.5) is 0 Å². The van der Waals surface area contributed by atoms with Gasteiger partial charge in [0, 0.05) is 17.4 Å². The molecule has 0 aliphatic heterocycles. The molecule has 1 aromatic heterocycles. The predicted octanol–water partition coefficient (Wildman–Crippen LogP) is 2.09. The second kappa shape index (κ2) is 6.64. The van der Waals surface area contributed by atoms with Gasteiger partial charge in [0.05, 0.1) is 6.54 Å². The van der Waals surface area contributed by atoms with Gasteiger partial charge >= 0.3 is 0 Å². The van der Waals surface area contributed by atoms with Crippen molar-refractivity contribution >= 4 is 0 Å². The quantitative estimate of drug-likeness (QED) is 0.828. The van der Waals surface area contributed by atoms with E-state index < -0.39 is 0 Å². The first-order valence-electron chi connectivity index (χ1n) is 7.66. The Bertz CT molecular complexity index is 429. The molecule has 0 bridgehead atoms. The minimum absolute atomic E-state index is 0.635. The van der Waals surface area contributed by atoms with Gasteiger partial charge in [0.15, 0.2) is 0 Å². The summed E-state index contributed by atoms with van der Waals surface area (Å²) in [6, 6.07) is 0.790. The van der Waals surface area contributed by atoms with Crippen molar-refractivity contribution in [3.05, 3.63) is 22.8 Å². The summed E-state index contributed by atoms with van der Waals surface area (Å²) in [6.07, 6.45) is 3.78. The zero-order valence-electron chi connectivity index (χ0n) is 13.5. The van der Waals surface area contributed by atoms with Crippen LogP contribution >= 0.6 is 0 Å². The van der Waals surface area contributed by atoms with Crippen LogP contribution in [0.1, 0.15) is 42.5 Å². The molecule has 0 amide bonds. The molecule has 1 saturated carbocycles. The summed E-state index contributed by atoms with van der Waals surface area (Å²) in [5.41, 5.74) is 3.62. The van der Waals surface area contributed by atoms with Crippen molar-refractivity contribution in [1.29, 1.82) is 0 Å². The Kier molecular flexibility index (Phi) is 5.11. The fraction of sp³-hybridized carbons (Fsp3) is 0.750. The molecule has 0 spiro atoms. The molecule has 0 radical (unpaired) electrons. The van der Waals surface area contributed by atoms with Crippen LogP contribution in [0.15, 0.2) is 0 Å². The smallest absolute Gasteiger partial charge is 0.142 e. The molecule has 1 aromatic rings. The van der Waals surface area contributed by atoms with E-state index in [2.05, 4.69) is 41.0 Å². The third-order valence-electron chi connectivity index (χ3n) is 3.81. The van der Waals surface area contributed by atoms with Crippen molar-refractivity contribution in [3.63, 3.8) is 0 Å². The van der Waals surface area contributed by atoms with Crippen LogP contribution < -0.4 is 5.32 Å². The predicted molar refractivity (Wildman–Crippen MR) is 82.8 cm³/mol. The van der Waals surface area contributed by atoms with Crippen LogP contribution in [0.5, 0.6) is 0 Å². The fourth-order valence-corrected chi connectivity index (χ4v) is 2.53. The van der Waals surface area contributed by atoms with Crippen LogP contribution in [0, 0.1) is 19.8 Å². The van der Waals surface area contributed by atoms with E-state index >= 15 is 0 Å². The summed E-state index contributed by atoms with van der Waals surface area (Å²) in [6.45, 7) is 8.44. The highest BCUT2D eigenvalue weighted by atomic mass is 15.1. The zero-order valence-corrected chi connectivity index (χ0v) is 13.5. The maximum Gasteiger partial charge on any atom is 0.142 e. The molecule has 4 heteroatoms. The van der Waals surface area contributed by atoms with Crippen LogP contribution in [-0.4, -0.2) is 41.5 Å². The minimum Gasteiger partial charge on any atom is -0.314 e. The topological polar surface area (TPSA) is 41.1 Å². The van der Waals surface area contributed by atoms with E-state index in [1.54, 1.807) is 0 Å². The number of nitrogens with zero attached hydrogens (tertiary/aromatic N) is 3. The van der Waals surface area contributed by atoms with Crippen molar-refractivity contribution in [3.8, 4) is 0 Å².